The molecule has 6 atom stereocenters. The first-order valence-corrected chi connectivity index (χ1v) is 11.6. The Bertz CT molecular complexity index is 867. The van der Waals surface area contributed by atoms with Crippen molar-refractivity contribution in [1.82, 2.24) is 4.98 Å². The Morgan fingerprint density at radius 3 is 2.22 bits per heavy atom. The van der Waals surface area contributed by atoms with Crippen LogP contribution in [0, 0.1) is 0 Å². The first-order chi connectivity index (χ1) is 12.4. The molecule has 0 aromatic carbocycles. The summed E-state index contributed by atoms with van der Waals surface area (Å²) in [5.74, 6) is 0. The van der Waals surface area contributed by atoms with E-state index in [1.54, 1.807) is 0 Å². The molecule has 0 amide bonds. The zero-order valence-corrected chi connectivity index (χ0v) is 15.7. The highest BCUT2D eigenvalue weighted by Gasteiger charge is 2.55. The number of hydrogen-bond donors (Lipinski definition) is 5. The molecule has 1 aromatic heterocycles. The van der Waals surface area contributed by atoms with E-state index in [-0.39, 0.29) is 0 Å². The Labute approximate surface area is 150 Å². The average molecular weight is 449 g/mol. The molecule has 0 bridgehead atoms. The number of pyridine rings is 1. The number of phosphoric acid groups is 3. The molecule has 2 aliphatic rings. The molecule has 0 saturated carbocycles. The van der Waals surface area contributed by atoms with Crippen LogP contribution in [-0.2, 0) is 35.9 Å². The third kappa shape index (κ3) is 4.83. The molecule has 5 N–H and O–H groups in total. The van der Waals surface area contributed by atoms with Crippen LogP contribution in [0.4, 0.5) is 0 Å². The Morgan fingerprint density at radius 1 is 1.04 bits per heavy atom. The smallest absolute Gasteiger partial charge is 0.387 e. The van der Waals surface area contributed by atoms with Crippen molar-refractivity contribution in [2.75, 3.05) is 6.61 Å². The van der Waals surface area contributed by atoms with Gasteiger partial charge in [0.1, 0.15) is 24.4 Å². The second kappa shape index (κ2) is 7.27. The minimum Gasteiger partial charge on any atom is -0.387 e. The lowest BCUT2D eigenvalue weighted by Crippen LogP contribution is -2.33. The number of hydrogen-bond acceptors (Lipinski definition) is 11. The summed E-state index contributed by atoms with van der Waals surface area (Å²) in [6, 6.07) is 2.51. The number of ether oxygens (including phenoxy) is 1. The lowest BCUT2D eigenvalue weighted by Gasteiger charge is -2.27. The predicted molar refractivity (Wildman–Crippen MR) is 83.2 cm³/mol. The molecule has 27 heavy (non-hydrogen) atoms. The van der Waals surface area contributed by atoms with Crippen molar-refractivity contribution >= 4 is 23.5 Å². The van der Waals surface area contributed by atoms with Gasteiger partial charge in [-0.1, -0.05) is 0 Å². The number of aliphatic hydroxyl groups excluding tert-OH is 2. The van der Waals surface area contributed by atoms with Crippen LogP contribution >= 0.6 is 23.5 Å². The fourth-order valence-corrected chi connectivity index (χ4v) is 7.34. The van der Waals surface area contributed by atoms with E-state index in [4.69, 9.17) is 14.5 Å². The van der Waals surface area contributed by atoms with Crippen LogP contribution in [0.3, 0.4) is 0 Å². The number of rotatable bonds is 4. The van der Waals surface area contributed by atoms with Gasteiger partial charge in [-0.2, -0.15) is 12.9 Å². The van der Waals surface area contributed by atoms with E-state index in [0.29, 0.717) is 5.56 Å². The van der Waals surface area contributed by atoms with Gasteiger partial charge in [-0.15, -0.1) is 0 Å². The van der Waals surface area contributed by atoms with Gasteiger partial charge >= 0.3 is 23.5 Å². The number of H-pyrrole nitrogens is 1. The third-order valence-corrected chi connectivity index (χ3v) is 8.88. The van der Waals surface area contributed by atoms with Gasteiger partial charge < -0.3 is 29.7 Å². The van der Waals surface area contributed by atoms with Gasteiger partial charge in [-0.3, -0.25) is 9.32 Å². The third-order valence-electron chi connectivity index (χ3n) is 3.51. The minimum absolute atomic E-state index is 0.313. The molecule has 17 heteroatoms. The molecule has 0 spiro atoms. The van der Waals surface area contributed by atoms with Crippen molar-refractivity contribution in [2.24, 2.45) is 0 Å². The standard InChI is InChI=1S/C10H14NO13P3/c12-7-2-1-5(3-11-7)10-9(14)8(13)6(21-10)4-20-27(19)23-25(15,16)22-26(17,18)24-27/h1-3,6,8-10,13-14H,4H2,(H,11,12)(H,15,16)(H,17,18)/t6-,8+,9+,10+/m1/s1. The highest BCUT2D eigenvalue weighted by atomic mass is 31.3. The molecule has 2 unspecified atom stereocenters. The largest absolute Gasteiger partial charge is 0.492 e. The van der Waals surface area contributed by atoms with Gasteiger partial charge in [0.2, 0.25) is 5.56 Å². The van der Waals surface area contributed by atoms with Crippen molar-refractivity contribution in [3.05, 3.63) is 34.2 Å². The van der Waals surface area contributed by atoms with Gasteiger partial charge in [0.25, 0.3) is 0 Å². The fraction of sp³-hybridized carbons (Fsp3) is 0.500. The average Bonchev–Trinajstić information content (AvgIpc) is 2.79. The van der Waals surface area contributed by atoms with Crippen LogP contribution in [0.25, 0.3) is 0 Å². The molecule has 0 aliphatic carbocycles. The second-order valence-corrected chi connectivity index (χ2v) is 10.5. The van der Waals surface area contributed by atoms with E-state index in [2.05, 4.69) is 22.4 Å². The van der Waals surface area contributed by atoms with E-state index in [0.717, 1.165) is 0 Å². The summed E-state index contributed by atoms with van der Waals surface area (Å²) >= 11 is 0. The summed E-state index contributed by atoms with van der Waals surface area (Å²) in [7, 11) is -15.4. The van der Waals surface area contributed by atoms with Crippen molar-refractivity contribution in [2.45, 2.75) is 24.4 Å². The van der Waals surface area contributed by atoms with Gasteiger partial charge in [-0.25, -0.2) is 13.7 Å². The summed E-state index contributed by atoms with van der Waals surface area (Å²) in [6.45, 7) is -0.810. The first-order valence-electron chi connectivity index (χ1n) is 7.14. The number of aliphatic hydroxyl groups is 2. The summed E-state index contributed by atoms with van der Waals surface area (Å²) < 4.78 is 56.7. The summed E-state index contributed by atoms with van der Waals surface area (Å²) in [5.41, 5.74) is -0.0889. The Morgan fingerprint density at radius 2 is 1.67 bits per heavy atom. The maximum absolute atomic E-state index is 12.1. The Kier molecular flexibility index (Phi) is 5.65. The number of aromatic nitrogens is 1. The summed E-state index contributed by atoms with van der Waals surface area (Å²) in [6.07, 6.45) is -4.18. The van der Waals surface area contributed by atoms with Crippen LogP contribution in [0.5, 0.6) is 0 Å². The molecule has 2 aliphatic heterocycles. The highest BCUT2D eigenvalue weighted by molar-refractivity contribution is 7.74. The van der Waals surface area contributed by atoms with Crippen molar-refractivity contribution in [1.29, 1.82) is 0 Å². The lowest BCUT2D eigenvalue weighted by molar-refractivity contribution is -0.0231. The van der Waals surface area contributed by atoms with Crippen LogP contribution in [0.15, 0.2) is 23.1 Å². The molecule has 3 heterocycles. The van der Waals surface area contributed by atoms with E-state index in [1.807, 2.05) is 0 Å². The van der Waals surface area contributed by atoms with E-state index in [1.165, 1.54) is 18.3 Å². The molecular weight excluding hydrogens is 435 g/mol. The molecular formula is C10H14NO13P3. The topological polar surface area (TPSA) is 211 Å². The zero-order valence-electron chi connectivity index (χ0n) is 13.1. The minimum atomic E-state index is -5.20. The molecule has 14 nitrogen and oxygen atoms in total. The summed E-state index contributed by atoms with van der Waals surface area (Å²) in [5, 5.41) is 20.1. The maximum Gasteiger partial charge on any atom is 0.492 e. The zero-order chi connectivity index (χ0) is 20.0. The number of nitrogens with one attached hydrogen (secondary N) is 1. The monoisotopic (exact) mass is 449 g/mol. The molecule has 0 radical (unpaired) electrons. The quantitative estimate of drug-likeness (QED) is 0.381. The fourth-order valence-electron chi connectivity index (χ4n) is 2.40. The Balaban J connectivity index is 1.70. The Hall–Kier alpha value is -0.720. The van der Waals surface area contributed by atoms with Crippen molar-refractivity contribution in [3.63, 3.8) is 0 Å². The number of aromatic amines is 1. The molecule has 2 fully saturated rings. The van der Waals surface area contributed by atoms with Gasteiger partial charge in [-0.05, 0) is 11.6 Å². The molecule has 1 aromatic rings. The van der Waals surface area contributed by atoms with E-state index in [9.17, 15) is 28.7 Å². The van der Waals surface area contributed by atoms with Crippen LogP contribution in [0.2, 0.25) is 0 Å². The summed E-state index contributed by atoms with van der Waals surface area (Å²) in [4.78, 5) is 31.7. The van der Waals surface area contributed by atoms with Crippen LogP contribution < -0.4 is 5.56 Å². The molecule has 3 rings (SSSR count). The van der Waals surface area contributed by atoms with Gasteiger partial charge in [0.15, 0.2) is 0 Å². The van der Waals surface area contributed by atoms with Crippen molar-refractivity contribution < 1.29 is 55.9 Å². The highest BCUT2D eigenvalue weighted by Crippen LogP contribution is 2.80. The molecule has 2 saturated heterocycles. The maximum atomic E-state index is 12.1. The lowest BCUT2D eigenvalue weighted by atomic mass is 10.0. The van der Waals surface area contributed by atoms with Crippen molar-refractivity contribution in [3.8, 4) is 0 Å². The predicted octanol–water partition coefficient (Wildman–Crippen LogP) is -0.0745. The molecule has 152 valence electrons. The van der Waals surface area contributed by atoms with E-state index < -0.39 is 60.1 Å². The second-order valence-electron chi connectivity index (χ2n) is 5.49. The SMILES string of the molecule is O=c1ccc([C@@H]2O[C@H](COP3(=O)OP(=O)(O)OP(=O)(O)O3)[C@H](O)[C@@H]2O)c[nH]1. The van der Waals surface area contributed by atoms with Gasteiger partial charge in [0, 0.05) is 12.3 Å². The first kappa shape index (κ1) is 21.0. The van der Waals surface area contributed by atoms with Crippen LogP contribution in [0.1, 0.15) is 11.7 Å². The van der Waals surface area contributed by atoms with E-state index >= 15 is 0 Å². The van der Waals surface area contributed by atoms with Crippen LogP contribution in [-0.4, -0.2) is 49.9 Å². The normalized spacial score (nSPS) is 45.0. The van der Waals surface area contributed by atoms with Gasteiger partial charge in [0.05, 0.1) is 6.61 Å².